The van der Waals surface area contributed by atoms with Gasteiger partial charge in [-0.15, -0.1) is 0 Å². The van der Waals surface area contributed by atoms with Crippen LogP contribution in [-0.2, 0) is 41.3 Å². The first-order valence-corrected chi connectivity index (χ1v) is 1.53. The summed E-state index contributed by atoms with van der Waals surface area (Å²) in [5.41, 5.74) is 0. The second-order valence-electron chi connectivity index (χ2n) is 0.995. The van der Waals surface area contributed by atoms with E-state index in [-0.39, 0.29) is 49.0 Å². The van der Waals surface area contributed by atoms with Crippen molar-refractivity contribution in [3.8, 4) is 0 Å². The summed E-state index contributed by atoms with van der Waals surface area (Å²) in [6.07, 6.45) is -1.34. The van der Waals surface area contributed by atoms with Crippen LogP contribution in [0.2, 0.25) is 0 Å². The summed E-state index contributed by atoms with van der Waals surface area (Å²) in [7, 11) is 0. The fraction of sp³-hybridized carbons (Fsp3) is 0.667. The predicted molar refractivity (Wildman–Crippen MR) is 16.7 cm³/mol. The van der Waals surface area contributed by atoms with Gasteiger partial charge in [0.1, 0.15) is 0 Å². The molecule has 0 rings (SSSR count). The number of aliphatic hydroxyl groups excluding tert-OH is 1. The molecule has 1 N–H and O–H groups in total. The maximum atomic E-state index is 9.34. The largest absolute Gasteiger partial charge is 2.00 e. The van der Waals surface area contributed by atoms with Crippen molar-refractivity contribution >= 4 is 5.97 Å². The van der Waals surface area contributed by atoms with E-state index in [0.29, 0.717) is 0 Å². The fourth-order valence-electron chi connectivity index (χ4n) is 0. The number of aliphatic carboxylic acids is 1. The Morgan fingerprint density at radius 3 is 1.78 bits per heavy atom. The van der Waals surface area contributed by atoms with E-state index in [4.69, 9.17) is 5.11 Å². The van der Waals surface area contributed by atoms with E-state index in [1.807, 2.05) is 0 Å². The van der Waals surface area contributed by atoms with E-state index in [1.54, 1.807) is 0 Å². The van der Waals surface area contributed by atoms with Gasteiger partial charge in [-0.2, -0.15) is 0 Å². The summed E-state index contributed by atoms with van der Waals surface area (Å²) in [5.74, 6) is -1.44. The number of aliphatic hydroxyl groups is 1. The number of hydrogen-bond donors (Lipinski definition) is 1. The van der Waals surface area contributed by atoms with Gasteiger partial charge in [0.2, 0.25) is 0 Å². The quantitative estimate of drug-likeness (QED) is 0.477. The Balaban J connectivity index is -0.0000000417. The van der Waals surface area contributed by atoms with Crippen LogP contribution in [0.15, 0.2) is 0 Å². The minimum Gasteiger partial charge on any atom is -1.00 e. The van der Waals surface area contributed by atoms with Crippen LogP contribution >= 0.6 is 0 Å². The van der Waals surface area contributed by atoms with Crippen molar-refractivity contribution in [2.75, 3.05) is 0 Å². The molecule has 0 heterocycles. The van der Waals surface area contributed by atoms with E-state index in [1.165, 1.54) is 0 Å². The normalized spacial score (nSPS) is 9.11. The van der Waals surface area contributed by atoms with Crippen LogP contribution in [0.5, 0.6) is 0 Å². The molecule has 0 amide bonds. The molecule has 53 valence electrons. The Morgan fingerprint density at radius 1 is 1.67 bits per heavy atom. The SMILES string of the molecule is CC(O)C(=O)[O-].[Cl-].[Cu+2].[Zn+2]. The van der Waals surface area contributed by atoms with Crippen LogP contribution < -0.4 is 17.5 Å². The van der Waals surface area contributed by atoms with Crippen molar-refractivity contribution < 1.29 is 64.0 Å². The maximum absolute atomic E-state index is 9.34. The van der Waals surface area contributed by atoms with Crippen LogP contribution in [0, 0.1) is 0 Å². The second-order valence-corrected chi connectivity index (χ2v) is 0.995. The van der Waals surface area contributed by atoms with Crippen LogP contribution in [0.1, 0.15) is 6.92 Å². The van der Waals surface area contributed by atoms with E-state index in [9.17, 15) is 9.90 Å². The third-order valence-corrected chi connectivity index (χ3v) is 0.341. The Hall–Kier alpha value is 0.863. The molecule has 0 aliphatic rings. The van der Waals surface area contributed by atoms with Gasteiger partial charge in [0.05, 0.1) is 12.1 Å². The minimum absolute atomic E-state index is 0. The number of carbonyl (C=O) groups is 1. The molecular weight excluding hydrogens is 248 g/mol. The first kappa shape index (κ1) is 22.5. The smallest absolute Gasteiger partial charge is 1.00 e. The summed E-state index contributed by atoms with van der Waals surface area (Å²) in [6, 6.07) is 0. The third kappa shape index (κ3) is 17.7. The third-order valence-electron chi connectivity index (χ3n) is 0.341. The second kappa shape index (κ2) is 11.6. The molecule has 0 saturated heterocycles. The molecule has 0 aromatic rings. The molecule has 0 spiro atoms. The van der Waals surface area contributed by atoms with Crippen LogP contribution in [-0.4, -0.2) is 17.2 Å². The molecule has 9 heavy (non-hydrogen) atoms. The maximum Gasteiger partial charge on any atom is 2.00 e. The van der Waals surface area contributed by atoms with Gasteiger partial charge >= 0.3 is 36.5 Å². The van der Waals surface area contributed by atoms with E-state index < -0.39 is 12.1 Å². The van der Waals surface area contributed by atoms with Gasteiger partial charge in [-0.3, -0.25) is 0 Å². The summed E-state index contributed by atoms with van der Waals surface area (Å²) >= 11 is 0. The zero-order valence-electron chi connectivity index (χ0n) is 4.73. The van der Waals surface area contributed by atoms with Crippen LogP contribution in [0.25, 0.3) is 0 Å². The van der Waals surface area contributed by atoms with E-state index in [0.717, 1.165) is 6.92 Å². The molecule has 0 bridgehead atoms. The Morgan fingerprint density at radius 2 is 1.78 bits per heavy atom. The molecule has 3 nitrogen and oxygen atoms in total. The number of hydrogen-bond acceptors (Lipinski definition) is 3. The molecule has 0 aromatic carbocycles. The topological polar surface area (TPSA) is 60.4 Å². The molecule has 0 aromatic heterocycles. The van der Waals surface area contributed by atoms with Crippen molar-refractivity contribution in [3.63, 3.8) is 0 Å². The van der Waals surface area contributed by atoms with Gasteiger partial charge in [0.15, 0.2) is 0 Å². The van der Waals surface area contributed by atoms with Gasteiger partial charge in [-0.1, -0.05) is 0 Å². The zero-order chi connectivity index (χ0) is 5.15. The van der Waals surface area contributed by atoms with Gasteiger partial charge in [0.25, 0.3) is 0 Å². The minimum atomic E-state index is -1.44. The van der Waals surface area contributed by atoms with Crippen molar-refractivity contribution in [1.29, 1.82) is 0 Å². The molecule has 0 saturated carbocycles. The van der Waals surface area contributed by atoms with E-state index in [2.05, 4.69) is 0 Å². The monoisotopic (exact) mass is 251 g/mol. The van der Waals surface area contributed by atoms with Crippen LogP contribution in [0.3, 0.4) is 0 Å². The summed E-state index contributed by atoms with van der Waals surface area (Å²) < 4.78 is 0. The van der Waals surface area contributed by atoms with Crippen molar-refractivity contribution in [2.24, 2.45) is 0 Å². The molecular formula is C3H5ClCuO3Zn+2. The van der Waals surface area contributed by atoms with E-state index >= 15 is 0 Å². The van der Waals surface area contributed by atoms with Gasteiger partial charge in [-0.05, 0) is 6.92 Å². The molecule has 6 heteroatoms. The number of carboxylic acid groups (broad SMARTS) is 1. The number of carbonyl (C=O) groups excluding carboxylic acids is 1. The first-order valence-electron chi connectivity index (χ1n) is 1.53. The average molecular weight is 253 g/mol. The van der Waals surface area contributed by atoms with Crippen molar-refractivity contribution in [3.05, 3.63) is 0 Å². The Labute approximate surface area is 82.9 Å². The standard InChI is InChI=1S/C3H6O3.ClH.Cu.Zn/c1-2(4)3(5)6;;;/h2,4H,1H3,(H,5,6);1H;;/q;;2*+2/p-2. The van der Waals surface area contributed by atoms with Gasteiger partial charge in [0, 0.05) is 0 Å². The molecule has 0 fully saturated rings. The molecule has 1 radical (unpaired) electrons. The fourth-order valence-corrected chi connectivity index (χ4v) is 0. The summed E-state index contributed by atoms with van der Waals surface area (Å²) in [4.78, 5) is 9.34. The number of carboxylic acids is 1. The Bertz CT molecular complexity index is 70.1. The number of rotatable bonds is 1. The van der Waals surface area contributed by atoms with Crippen molar-refractivity contribution in [1.82, 2.24) is 0 Å². The molecule has 0 aliphatic heterocycles. The molecule has 0 aliphatic carbocycles. The molecule has 1 unspecified atom stereocenters. The zero-order valence-corrected chi connectivity index (χ0v) is 9.39. The summed E-state index contributed by atoms with van der Waals surface area (Å²) in [6.45, 7) is 1.13. The van der Waals surface area contributed by atoms with Gasteiger partial charge in [-0.25, -0.2) is 0 Å². The van der Waals surface area contributed by atoms with Gasteiger partial charge < -0.3 is 27.4 Å². The average Bonchev–Trinajstić information content (AvgIpc) is 1.36. The summed E-state index contributed by atoms with van der Waals surface area (Å²) in [5, 5.41) is 17.3. The predicted octanol–water partition coefficient (Wildman–Crippen LogP) is -4.88. The van der Waals surface area contributed by atoms with Crippen molar-refractivity contribution in [2.45, 2.75) is 13.0 Å². The Kier molecular flexibility index (Phi) is 29.1. The number of halogens is 1. The van der Waals surface area contributed by atoms with Crippen LogP contribution in [0.4, 0.5) is 0 Å². The molecule has 1 atom stereocenters. The first-order chi connectivity index (χ1) is 2.64.